The third-order valence-corrected chi connectivity index (χ3v) is 5.39. The summed E-state index contributed by atoms with van der Waals surface area (Å²) in [5.74, 6) is 2.34. The Morgan fingerprint density at radius 3 is 2.59 bits per heavy atom. The van der Waals surface area contributed by atoms with Crippen LogP contribution in [0.15, 0.2) is 59.0 Å². The number of aromatic nitrogens is 1. The lowest BCUT2D eigenvalue weighted by molar-refractivity contribution is 0.281. The smallest absolute Gasteiger partial charge is 0.230 e. The van der Waals surface area contributed by atoms with Crippen LogP contribution in [-0.2, 0) is 6.54 Å². The number of anilines is 1. The number of nitrogens with zero attached hydrogens (tertiary/aromatic N) is 3. The van der Waals surface area contributed by atoms with Gasteiger partial charge in [-0.25, -0.2) is 4.98 Å². The molecule has 5 nitrogen and oxygen atoms in total. The van der Waals surface area contributed by atoms with E-state index in [1.54, 1.807) is 0 Å². The Hall–Kier alpha value is -2.79. The zero-order valence-electron chi connectivity index (χ0n) is 17.3. The average molecular weight is 392 g/mol. The van der Waals surface area contributed by atoms with Gasteiger partial charge in [0, 0.05) is 38.4 Å². The van der Waals surface area contributed by atoms with E-state index < -0.39 is 0 Å². The van der Waals surface area contributed by atoms with Crippen LogP contribution in [0.25, 0.3) is 11.5 Å². The molecular formula is C24H29N3O2. The summed E-state index contributed by atoms with van der Waals surface area (Å²) >= 11 is 0. The second kappa shape index (κ2) is 9.14. The van der Waals surface area contributed by atoms with E-state index in [4.69, 9.17) is 14.1 Å². The molecule has 3 aromatic rings. The molecule has 0 amide bonds. The van der Waals surface area contributed by atoms with Crippen molar-refractivity contribution in [3.05, 3.63) is 66.1 Å². The third-order valence-electron chi connectivity index (χ3n) is 5.39. The SMILES string of the molecule is CCOc1ccccc1-c1nc(CN2CCCN(c3ccccc3)CC2)c(C)o1. The van der Waals surface area contributed by atoms with E-state index in [9.17, 15) is 0 Å². The molecule has 0 aliphatic carbocycles. The lowest BCUT2D eigenvalue weighted by Crippen LogP contribution is -2.30. The second-order valence-electron chi connectivity index (χ2n) is 7.40. The number of hydrogen-bond donors (Lipinski definition) is 0. The molecule has 0 unspecified atom stereocenters. The highest BCUT2D eigenvalue weighted by Crippen LogP contribution is 2.31. The molecule has 0 spiro atoms. The van der Waals surface area contributed by atoms with E-state index in [2.05, 4.69) is 40.1 Å². The largest absolute Gasteiger partial charge is 0.493 e. The number of ether oxygens (including phenoxy) is 1. The molecular weight excluding hydrogens is 362 g/mol. The minimum absolute atomic E-state index is 0.620. The maximum Gasteiger partial charge on any atom is 0.230 e. The molecule has 0 radical (unpaired) electrons. The summed E-state index contributed by atoms with van der Waals surface area (Å²) in [6.07, 6.45) is 1.14. The van der Waals surface area contributed by atoms with Crippen molar-refractivity contribution in [3.8, 4) is 17.2 Å². The highest BCUT2D eigenvalue weighted by molar-refractivity contribution is 5.63. The number of para-hydroxylation sites is 2. The van der Waals surface area contributed by atoms with Crippen LogP contribution in [0, 0.1) is 6.92 Å². The second-order valence-corrected chi connectivity index (χ2v) is 7.40. The molecule has 152 valence electrons. The minimum atomic E-state index is 0.620. The summed E-state index contributed by atoms with van der Waals surface area (Å²) in [6.45, 7) is 9.63. The summed E-state index contributed by atoms with van der Waals surface area (Å²) in [7, 11) is 0. The maximum atomic E-state index is 6.02. The summed E-state index contributed by atoms with van der Waals surface area (Å²) in [5.41, 5.74) is 3.23. The summed E-state index contributed by atoms with van der Waals surface area (Å²) in [5, 5.41) is 0. The highest BCUT2D eigenvalue weighted by Gasteiger charge is 2.20. The van der Waals surface area contributed by atoms with Crippen molar-refractivity contribution < 1.29 is 9.15 Å². The van der Waals surface area contributed by atoms with Crippen molar-refractivity contribution in [1.82, 2.24) is 9.88 Å². The zero-order chi connectivity index (χ0) is 20.1. The van der Waals surface area contributed by atoms with Gasteiger partial charge in [0.15, 0.2) is 0 Å². The van der Waals surface area contributed by atoms with Crippen LogP contribution >= 0.6 is 0 Å². The van der Waals surface area contributed by atoms with Gasteiger partial charge in [-0.1, -0.05) is 30.3 Å². The number of benzene rings is 2. The maximum absolute atomic E-state index is 6.02. The van der Waals surface area contributed by atoms with Gasteiger partial charge in [-0.2, -0.15) is 0 Å². The Morgan fingerprint density at radius 1 is 0.966 bits per heavy atom. The molecule has 0 saturated carbocycles. The number of rotatable bonds is 6. The predicted molar refractivity (Wildman–Crippen MR) is 116 cm³/mol. The third kappa shape index (κ3) is 4.62. The van der Waals surface area contributed by atoms with Gasteiger partial charge in [0.1, 0.15) is 11.5 Å². The molecule has 1 aromatic heterocycles. The van der Waals surface area contributed by atoms with Crippen LogP contribution in [0.1, 0.15) is 24.8 Å². The van der Waals surface area contributed by atoms with E-state index in [-0.39, 0.29) is 0 Å². The van der Waals surface area contributed by atoms with Crippen LogP contribution in [0.3, 0.4) is 0 Å². The molecule has 1 fully saturated rings. The molecule has 1 aliphatic rings. The first-order chi connectivity index (χ1) is 14.2. The monoisotopic (exact) mass is 391 g/mol. The van der Waals surface area contributed by atoms with Crippen LogP contribution in [0.2, 0.25) is 0 Å². The van der Waals surface area contributed by atoms with Crippen LogP contribution in [-0.4, -0.2) is 42.7 Å². The van der Waals surface area contributed by atoms with E-state index >= 15 is 0 Å². The van der Waals surface area contributed by atoms with E-state index in [0.29, 0.717) is 12.5 Å². The zero-order valence-corrected chi connectivity index (χ0v) is 17.3. The molecule has 0 atom stereocenters. The van der Waals surface area contributed by atoms with Gasteiger partial charge < -0.3 is 14.1 Å². The predicted octanol–water partition coefficient (Wildman–Crippen LogP) is 4.76. The molecule has 4 rings (SSSR count). The Labute approximate surface area is 172 Å². The molecule has 2 heterocycles. The van der Waals surface area contributed by atoms with Gasteiger partial charge in [0.05, 0.1) is 17.9 Å². The first-order valence-corrected chi connectivity index (χ1v) is 10.5. The average Bonchev–Trinajstić information content (AvgIpc) is 2.96. The molecule has 1 aliphatic heterocycles. The van der Waals surface area contributed by atoms with Crippen LogP contribution < -0.4 is 9.64 Å². The van der Waals surface area contributed by atoms with Crippen molar-refractivity contribution in [2.75, 3.05) is 37.7 Å². The standard InChI is InChI=1S/C24H29N3O2/c1-3-28-23-13-8-7-12-21(23)24-25-22(19(2)29-24)18-26-14-9-15-27(17-16-26)20-10-5-4-6-11-20/h4-8,10-13H,3,9,14-18H2,1-2H3. The number of aryl methyl sites for hydroxylation is 1. The number of hydrogen-bond acceptors (Lipinski definition) is 5. The van der Waals surface area contributed by atoms with E-state index in [1.165, 1.54) is 5.69 Å². The molecule has 5 heteroatoms. The first kappa shape index (κ1) is 19.5. The van der Waals surface area contributed by atoms with Gasteiger partial charge in [0.2, 0.25) is 5.89 Å². The quantitative estimate of drug-likeness (QED) is 0.606. The molecule has 2 aromatic carbocycles. The highest BCUT2D eigenvalue weighted by atomic mass is 16.5. The van der Waals surface area contributed by atoms with Crippen molar-refractivity contribution >= 4 is 5.69 Å². The summed E-state index contributed by atoms with van der Waals surface area (Å²) in [4.78, 5) is 9.77. The Bertz CT molecular complexity index is 923. The number of oxazole rings is 1. The fourth-order valence-corrected chi connectivity index (χ4v) is 3.85. The van der Waals surface area contributed by atoms with E-state index in [1.807, 2.05) is 38.1 Å². The molecule has 0 bridgehead atoms. The molecule has 0 N–H and O–H groups in total. The molecule has 29 heavy (non-hydrogen) atoms. The topological polar surface area (TPSA) is 41.7 Å². The van der Waals surface area contributed by atoms with Crippen molar-refractivity contribution in [1.29, 1.82) is 0 Å². The summed E-state index contributed by atoms with van der Waals surface area (Å²) in [6, 6.07) is 18.6. The molecule has 1 saturated heterocycles. The summed E-state index contributed by atoms with van der Waals surface area (Å²) < 4.78 is 11.8. The Balaban J connectivity index is 1.45. The fraction of sp³-hybridized carbons (Fsp3) is 0.375. The lowest BCUT2D eigenvalue weighted by atomic mass is 10.2. The van der Waals surface area contributed by atoms with Crippen molar-refractivity contribution in [2.24, 2.45) is 0 Å². The Morgan fingerprint density at radius 2 is 1.76 bits per heavy atom. The van der Waals surface area contributed by atoms with Crippen molar-refractivity contribution in [3.63, 3.8) is 0 Å². The van der Waals surface area contributed by atoms with Gasteiger partial charge in [-0.15, -0.1) is 0 Å². The van der Waals surface area contributed by atoms with E-state index in [0.717, 1.165) is 61.9 Å². The van der Waals surface area contributed by atoms with Crippen molar-refractivity contribution in [2.45, 2.75) is 26.8 Å². The first-order valence-electron chi connectivity index (χ1n) is 10.5. The van der Waals surface area contributed by atoms with Gasteiger partial charge in [0.25, 0.3) is 0 Å². The van der Waals surface area contributed by atoms with Gasteiger partial charge >= 0.3 is 0 Å². The normalized spacial score (nSPS) is 15.3. The lowest BCUT2D eigenvalue weighted by Gasteiger charge is -2.23. The van der Waals surface area contributed by atoms with Crippen LogP contribution in [0.5, 0.6) is 5.75 Å². The van der Waals surface area contributed by atoms with Gasteiger partial charge in [-0.3, -0.25) is 4.90 Å². The van der Waals surface area contributed by atoms with Gasteiger partial charge in [-0.05, 0) is 44.5 Å². The fourth-order valence-electron chi connectivity index (χ4n) is 3.85. The minimum Gasteiger partial charge on any atom is -0.493 e. The Kier molecular flexibility index (Phi) is 6.15. The van der Waals surface area contributed by atoms with Crippen LogP contribution in [0.4, 0.5) is 5.69 Å².